The molecule has 1 heterocycles. The summed E-state index contributed by atoms with van der Waals surface area (Å²) in [6.07, 6.45) is 3.19. The molecular weight excluding hydrogens is 118 g/mol. The van der Waals surface area contributed by atoms with Crippen molar-refractivity contribution < 1.29 is 5.11 Å². The lowest BCUT2D eigenvalue weighted by molar-refractivity contribution is 0.0995. The highest BCUT2D eigenvalue weighted by atomic mass is 16.3. The Labute approximate surface area is 53.1 Å². The lowest BCUT2D eigenvalue weighted by atomic mass is 10.4. The molecule has 0 aliphatic rings. The van der Waals surface area contributed by atoms with Crippen molar-refractivity contribution in [3.8, 4) is 0 Å². The summed E-state index contributed by atoms with van der Waals surface area (Å²) >= 11 is 0. The number of nitrogens with zero attached hydrogens (tertiary/aromatic N) is 3. The van der Waals surface area contributed by atoms with Gasteiger partial charge in [0.1, 0.15) is 18.9 Å². The third-order valence-electron chi connectivity index (χ3n) is 1.15. The van der Waals surface area contributed by atoms with E-state index in [2.05, 4.69) is 10.2 Å². The van der Waals surface area contributed by atoms with Gasteiger partial charge in [-0.25, -0.2) is 0 Å². The summed E-state index contributed by atoms with van der Waals surface area (Å²) < 4.78 is 1.56. The minimum Gasteiger partial charge on any atom is -0.373 e. The molecule has 0 saturated heterocycles. The Bertz CT molecular complexity index is 161. The van der Waals surface area contributed by atoms with Gasteiger partial charge in [0, 0.05) is 0 Å². The first-order valence-corrected chi connectivity index (χ1v) is 2.86. The lowest BCUT2D eigenvalue weighted by Crippen LogP contribution is -2.03. The van der Waals surface area contributed by atoms with Crippen molar-refractivity contribution >= 4 is 0 Å². The molecule has 0 fully saturated rings. The van der Waals surface area contributed by atoms with E-state index in [-0.39, 0.29) is 0 Å². The Hall–Kier alpha value is -0.900. The standard InChI is InChI=1S/C5H9N3O/c1-2-5(9)8-3-6-7-4-8/h3-5,9H,2H2,1H3/t5-/m0/s1. The Kier molecular flexibility index (Phi) is 1.79. The van der Waals surface area contributed by atoms with Crippen LogP contribution in [0.3, 0.4) is 0 Å². The molecule has 4 heteroatoms. The van der Waals surface area contributed by atoms with Crippen molar-refractivity contribution in [3.63, 3.8) is 0 Å². The molecule has 50 valence electrons. The molecule has 0 radical (unpaired) electrons. The van der Waals surface area contributed by atoms with Gasteiger partial charge < -0.3 is 5.11 Å². The molecule has 1 atom stereocenters. The molecule has 0 bridgehead atoms. The number of aromatic nitrogens is 3. The second-order valence-corrected chi connectivity index (χ2v) is 1.80. The normalized spacial score (nSPS) is 13.6. The summed E-state index contributed by atoms with van der Waals surface area (Å²) in [6.45, 7) is 1.89. The van der Waals surface area contributed by atoms with Gasteiger partial charge in [-0.2, -0.15) is 0 Å². The molecule has 1 N–H and O–H groups in total. The predicted molar refractivity (Wildman–Crippen MR) is 31.6 cm³/mol. The van der Waals surface area contributed by atoms with Crippen LogP contribution in [0.2, 0.25) is 0 Å². The Morgan fingerprint density at radius 2 is 2.11 bits per heavy atom. The van der Waals surface area contributed by atoms with Crippen LogP contribution in [0.25, 0.3) is 0 Å². The highest BCUT2D eigenvalue weighted by Crippen LogP contribution is 2.02. The van der Waals surface area contributed by atoms with Crippen LogP contribution < -0.4 is 0 Å². The van der Waals surface area contributed by atoms with Crippen LogP contribution in [0, 0.1) is 0 Å². The smallest absolute Gasteiger partial charge is 0.132 e. The van der Waals surface area contributed by atoms with E-state index in [1.807, 2.05) is 6.92 Å². The van der Waals surface area contributed by atoms with Gasteiger partial charge in [0.15, 0.2) is 0 Å². The van der Waals surface area contributed by atoms with Crippen LogP contribution >= 0.6 is 0 Å². The van der Waals surface area contributed by atoms with Crippen LogP contribution in [0.15, 0.2) is 12.7 Å². The molecule has 0 unspecified atom stereocenters. The van der Waals surface area contributed by atoms with E-state index in [9.17, 15) is 0 Å². The molecule has 1 aromatic rings. The van der Waals surface area contributed by atoms with Crippen LogP contribution in [-0.2, 0) is 0 Å². The molecule has 0 amide bonds. The maximum atomic E-state index is 9.10. The molecule has 0 aliphatic heterocycles. The predicted octanol–water partition coefficient (Wildman–Crippen LogP) is 0.179. The van der Waals surface area contributed by atoms with E-state index >= 15 is 0 Å². The van der Waals surface area contributed by atoms with Gasteiger partial charge in [0.05, 0.1) is 0 Å². The number of rotatable bonds is 2. The number of aliphatic hydroxyl groups excluding tert-OH is 1. The summed E-state index contributed by atoms with van der Waals surface area (Å²) in [4.78, 5) is 0. The SMILES string of the molecule is CC[C@H](O)n1cnnc1. The summed E-state index contributed by atoms with van der Waals surface area (Å²) in [5, 5.41) is 16.2. The molecule has 4 nitrogen and oxygen atoms in total. The van der Waals surface area contributed by atoms with Gasteiger partial charge in [-0.05, 0) is 6.42 Å². The van der Waals surface area contributed by atoms with Crippen LogP contribution in [0.5, 0.6) is 0 Å². The maximum Gasteiger partial charge on any atom is 0.132 e. The third-order valence-corrected chi connectivity index (χ3v) is 1.15. The van der Waals surface area contributed by atoms with Gasteiger partial charge in [-0.15, -0.1) is 10.2 Å². The van der Waals surface area contributed by atoms with Crippen LogP contribution in [0.1, 0.15) is 19.6 Å². The average Bonchev–Trinajstić information content (AvgIpc) is 2.37. The largest absolute Gasteiger partial charge is 0.373 e. The van der Waals surface area contributed by atoms with Crippen molar-refractivity contribution in [1.82, 2.24) is 14.8 Å². The zero-order chi connectivity index (χ0) is 6.69. The van der Waals surface area contributed by atoms with E-state index in [1.165, 1.54) is 12.7 Å². The van der Waals surface area contributed by atoms with E-state index in [1.54, 1.807) is 4.57 Å². The van der Waals surface area contributed by atoms with E-state index in [4.69, 9.17) is 5.11 Å². The van der Waals surface area contributed by atoms with E-state index in [0.29, 0.717) is 6.42 Å². The number of hydrogen-bond acceptors (Lipinski definition) is 3. The quantitative estimate of drug-likeness (QED) is 0.616. The molecule has 0 spiro atoms. The molecule has 1 aromatic heterocycles. The molecule has 1 rings (SSSR count). The number of hydrogen-bond donors (Lipinski definition) is 1. The molecular formula is C5H9N3O. The van der Waals surface area contributed by atoms with Crippen molar-refractivity contribution in [2.45, 2.75) is 19.6 Å². The third kappa shape index (κ3) is 1.26. The van der Waals surface area contributed by atoms with Crippen LogP contribution in [-0.4, -0.2) is 19.9 Å². The van der Waals surface area contributed by atoms with Crippen LogP contribution in [0.4, 0.5) is 0 Å². The fourth-order valence-electron chi connectivity index (χ4n) is 0.573. The fourth-order valence-corrected chi connectivity index (χ4v) is 0.573. The van der Waals surface area contributed by atoms with Gasteiger partial charge in [0.25, 0.3) is 0 Å². The average molecular weight is 127 g/mol. The topological polar surface area (TPSA) is 50.9 Å². The molecule has 0 aliphatic carbocycles. The number of aliphatic hydroxyl groups is 1. The van der Waals surface area contributed by atoms with Crippen molar-refractivity contribution in [1.29, 1.82) is 0 Å². The van der Waals surface area contributed by atoms with Crippen molar-refractivity contribution in [2.24, 2.45) is 0 Å². The second kappa shape index (κ2) is 2.59. The zero-order valence-corrected chi connectivity index (χ0v) is 5.23. The van der Waals surface area contributed by atoms with Crippen molar-refractivity contribution in [3.05, 3.63) is 12.7 Å². The monoisotopic (exact) mass is 127 g/mol. The minimum absolute atomic E-state index is 0.472. The highest BCUT2D eigenvalue weighted by Gasteiger charge is 1.99. The van der Waals surface area contributed by atoms with Crippen molar-refractivity contribution in [2.75, 3.05) is 0 Å². The Morgan fingerprint density at radius 1 is 1.56 bits per heavy atom. The molecule has 9 heavy (non-hydrogen) atoms. The first kappa shape index (κ1) is 6.22. The first-order valence-electron chi connectivity index (χ1n) is 2.86. The van der Waals surface area contributed by atoms with E-state index in [0.717, 1.165) is 0 Å². The van der Waals surface area contributed by atoms with E-state index < -0.39 is 6.23 Å². The minimum atomic E-state index is -0.472. The molecule has 0 aromatic carbocycles. The van der Waals surface area contributed by atoms with Gasteiger partial charge in [-0.3, -0.25) is 4.57 Å². The van der Waals surface area contributed by atoms with Gasteiger partial charge in [0.2, 0.25) is 0 Å². The van der Waals surface area contributed by atoms with Gasteiger partial charge in [-0.1, -0.05) is 6.92 Å². The van der Waals surface area contributed by atoms with Gasteiger partial charge >= 0.3 is 0 Å². The highest BCUT2D eigenvalue weighted by molar-refractivity contribution is 4.62. The maximum absolute atomic E-state index is 9.10. The summed E-state index contributed by atoms with van der Waals surface area (Å²) in [7, 11) is 0. The zero-order valence-electron chi connectivity index (χ0n) is 5.23. The summed E-state index contributed by atoms with van der Waals surface area (Å²) in [5.41, 5.74) is 0. The summed E-state index contributed by atoms with van der Waals surface area (Å²) in [5.74, 6) is 0. The Morgan fingerprint density at radius 3 is 2.56 bits per heavy atom. The lowest BCUT2D eigenvalue weighted by Gasteiger charge is -2.05. The Balaban J connectivity index is 2.65. The fraction of sp³-hybridized carbons (Fsp3) is 0.600. The first-order chi connectivity index (χ1) is 4.34. The molecule has 0 saturated carbocycles. The summed E-state index contributed by atoms with van der Waals surface area (Å²) in [6, 6.07) is 0. The second-order valence-electron chi connectivity index (χ2n) is 1.80.